The first-order chi connectivity index (χ1) is 9.95. The van der Waals surface area contributed by atoms with Crippen LogP contribution in [0.15, 0.2) is 23.1 Å². The van der Waals surface area contributed by atoms with E-state index >= 15 is 0 Å². The molecule has 1 aliphatic heterocycles. The maximum absolute atomic E-state index is 12.9. The van der Waals surface area contributed by atoms with Crippen LogP contribution in [-0.2, 0) is 14.8 Å². The SMILES string of the molecule is CCCN(CC1CCOC1)S(=O)(=O)c1ccc(C)cc1C. The van der Waals surface area contributed by atoms with Gasteiger partial charge in [-0.15, -0.1) is 0 Å². The third-order valence-electron chi connectivity index (χ3n) is 3.91. The van der Waals surface area contributed by atoms with Gasteiger partial charge in [-0.05, 0) is 44.2 Å². The van der Waals surface area contributed by atoms with Crippen molar-refractivity contribution in [2.75, 3.05) is 26.3 Å². The van der Waals surface area contributed by atoms with Crippen molar-refractivity contribution in [2.24, 2.45) is 5.92 Å². The predicted molar refractivity (Wildman–Crippen MR) is 83.9 cm³/mol. The highest BCUT2D eigenvalue weighted by Crippen LogP contribution is 2.24. The second-order valence-corrected chi connectivity index (χ2v) is 7.77. The normalized spacial score (nSPS) is 19.3. The molecule has 118 valence electrons. The fourth-order valence-electron chi connectivity index (χ4n) is 2.80. The fraction of sp³-hybridized carbons (Fsp3) is 0.625. The van der Waals surface area contributed by atoms with E-state index in [1.54, 1.807) is 10.4 Å². The lowest BCUT2D eigenvalue weighted by atomic mass is 10.1. The molecule has 1 heterocycles. The van der Waals surface area contributed by atoms with Crippen molar-refractivity contribution in [3.05, 3.63) is 29.3 Å². The first kappa shape index (κ1) is 16.5. The molecule has 1 atom stereocenters. The number of nitrogens with zero attached hydrogens (tertiary/aromatic N) is 1. The molecule has 1 saturated heterocycles. The number of hydrogen-bond acceptors (Lipinski definition) is 3. The van der Waals surface area contributed by atoms with Crippen molar-refractivity contribution >= 4 is 10.0 Å². The molecule has 1 aliphatic rings. The van der Waals surface area contributed by atoms with E-state index in [2.05, 4.69) is 0 Å². The van der Waals surface area contributed by atoms with Gasteiger partial charge in [0.2, 0.25) is 10.0 Å². The molecule has 0 amide bonds. The number of sulfonamides is 1. The van der Waals surface area contributed by atoms with E-state index in [1.807, 2.05) is 32.9 Å². The minimum atomic E-state index is -3.42. The van der Waals surface area contributed by atoms with Gasteiger partial charge in [-0.1, -0.05) is 24.6 Å². The topological polar surface area (TPSA) is 46.6 Å². The molecule has 2 rings (SSSR count). The van der Waals surface area contributed by atoms with Crippen LogP contribution in [0, 0.1) is 19.8 Å². The van der Waals surface area contributed by atoms with Crippen LogP contribution in [0.25, 0.3) is 0 Å². The van der Waals surface area contributed by atoms with Crippen molar-refractivity contribution in [1.82, 2.24) is 4.31 Å². The van der Waals surface area contributed by atoms with Gasteiger partial charge in [-0.3, -0.25) is 0 Å². The Morgan fingerprint density at radius 1 is 1.33 bits per heavy atom. The summed E-state index contributed by atoms with van der Waals surface area (Å²) < 4.78 is 32.9. The van der Waals surface area contributed by atoms with Crippen LogP contribution in [0.2, 0.25) is 0 Å². The quantitative estimate of drug-likeness (QED) is 0.811. The second kappa shape index (κ2) is 6.90. The molecule has 1 unspecified atom stereocenters. The molecule has 0 spiro atoms. The fourth-order valence-corrected chi connectivity index (χ4v) is 4.62. The highest BCUT2D eigenvalue weighted by Gasteiger charge is 2.29. The minimum absolute atomic E-state index is 0.317. The highest BCUT2D eigenvalue weighted by molar-refractivity contribution is 7.89. The molecule has 0 bridgehead atoms. The summed E-state index contributed by atoms with van der Waals surface area (Å²) >= 11 is 0. The van der Waals surface area contributed by atoms with E-state index in [4.69, 9.17) is 4.74 Å². The van der Waals surface area contributed by atoms with Gasteiger partial charge in [0, 0.05) is 19.7 Å². The summed E-state index contributed by atoms with van der Waals surface area (Å²) in [7, 11) is -3.42. The summed E-state index contributed by atoms with van der Waals surface area (Å²) in [5.74, 6) is 0.317. The standard InChI is InChI=1S/C16H25NO3S/c1-4-8-17(11-15-7-9-20-12-15)21(18,19)16-6-5-13(2)10-14(16)3/h5-6,10,15H,4,7-9,11-12H2,1-3H3. The Bertz CT molecular complexity index is 577. The third kappa shape index (κ3) is 3.84. The van der Waals surface area contributed by atoms with Crippen molar-refractivity contribution in [3.63, 3.8) is 0 Å². The Balaban J connectivity index is 2.27. The third-order valence-corrected chi connectivity index (χ3v) is 5.93. The van der Waals surface area contributed by atoms with Crippen molar-refractivity contribution in [3.8, 4) is 0 Å². The predicted octanol–water partition coefficient (Wildman–Crippen LogP) is 2.74. The maximum atomic E-state index is 12.9. The Hall–Kier alpha value is -0.910. The van der Waals surface area contributed by atoms with Crippen LogP contribution < -0.4 is 0 Å². The zero-order valence-corrected chi connectivity index (χ0v) is 13.9. The van der Waals surface area contributed by atoms with Gasteiger partial charge in [0.25, 0.3) is 0 Å². The molecule has 1 aromatic carbocycles. The number of benzene rings is 1. The molecule has 0 N–H and O–H groups in total. The van der Waals surface area contributed by atoms with Gasteiger partial charge >= 0.3 is 0 Å². The molecule has 0 aliphatic carbocycles. The average molecular weight is 311 g/mol. The Labute approximate surface area is 128 Å². The molecule has 0 aromatic heterocycles. The molecule has 5 heteroatoms. The smallest absolute Gasteiger partial charge is 0.243 e. The zero-order valence-electron chi connectivity index (χ0n) is 13.1. The largest absolute Gasteiger partial charge is 0.381 e. The molecule has 1 fully saturated rings. The summed E-state index contributed by atoms with van der Waals surface area (Å²) in [6, 6.07) is 5.52. The van der Waals surface area contributed by atoms with Crippen LogP contribution >= 0.6 is 0 Å². The van der Waals surface area contributed by atoms with Gasteiger partial charge in [-0.2, -0.15) is 4.31 Å². The van der Waals surface area contributed by atoms with Crippen molar-refractivity contribution in [2.45, 2.75) is 38.5 Å². The number of hydrogen-bond donors (Lipinski definition) is 0. The average Bonchev–Trinajstić information content (AvgIpc) is 2.90. The zero-order chi connectivity index (χ0) is 15.5. The summed E-state index contributed by atoms with van der Waals surface area (Å²) in [6.45, 7) is 8.38. The lowest BCUT2D eigenvalue weighted by Crippen LogP contribution is -2.36. The van der Waals surface area contributed by atoms with E-state index < -0.39 is 10.0 Å². The van der Waals surface area contributed by atoms with Crippen LogP contribution in [0.4, 0.5) is 0 Å². The van der Waals surface area contributed by atoms with Gasteiger partial charge < -0.3 is 4.74 Å². The van der Waals surface area contributed by atoms with Gasteiger partial charge in [0.1, 0.15) is 0 Å². The van der Waals surface area contributed by atoms with E-state index in [9.17, 15) is 8.42 Å². The summed E-state index contributed by atoms with van der Waals surface area (Å²) in [4.78, 5) is 0.431. The molecule has 0 radical (unpaired) electrons. The van der Waals surface area contributed by atoms with Crippen molar-refractivity contribution in [1.29, 1.82) is 0 Å². The number of rotatable bonds is 6. The van der Waals surface area contributed by atoms with Crippen molar-refractivity contribution < 1.29 is 13.2 Å². The summed E-state index contributed by atoms with van der Waals surface area (Å²) in [6.07, 6.45) is 1.76. The molecule has 21 heavy (non-hydrogen) atoms. The Kier molecular flexibility index (Phi) is 5.41. The Morgan fingerprint density at radius 3 is 2.67 bits per heavy atom. The lowest BCUT2D eigenvalue weighted by molar-refractivity contribution is 0.180. The van der Waals surface area contributed by atoms with Gasteiger partial charge in [0.15, 0.2) is 0 Å². The second-order valence-electron chi connectivity index (χ2n) is 5.86. The maximum Gasteiger partial charge on any atom is 0.243 e. The van der Waals surface area contributed by atoms with E-state index in [0.717, 1.165) is 30.6 Å². The molecule has 1 aromatic rings. The van der Waals surface area contributed by atoms with Crippen LogP contribution in [0.3, 0.4) is 0 Å². The van der Waals surface area contributed by atoms with Crippen LogP contribution in [-0.4, -0.2) is 39.0 Å². The first-order valence-corrected chi connectivity index (χ1v) is 9.04. The summed E-state index contributed by atoms with van der Waals surface area (Å²) in [5, 5.41) is 0. The number of aryl methyl sites for hydroxylation is 2. The molecule has 0 saturated carbocycles. The number of ether oxygens (including phenoxy) is 1. The molecular formula is C16H25NO3S. The monoisotopic (exact) mass is 311 g/mol. The molecular weight excluding hydrogens is 286 g/mol. The summed E-state index contributed by atoms with van der Waals surface area (Å²) in [5.41, 5.74) is 1.90. The van der Waals surface area contributed by atoms with Gasteiger partial charge in [0.05, 0.1) is 11.5 Å². The molecule has 4 nitrogen and oxygen atoms in total. The lowest BCUT2D eigenvalue weighted by Gasteiger charge is -2.25. The van der Waals surface area contributed by atoms with Gasteiger partial charge in [-0.25, -0.2) is 8.42 Å². The van der Waals surface area contributed by atoms with Crippen LogP contribution in [0.1, 0.15) is 30.9 Å². The van der Waals surface area contributed by atoms with E-state index in [0.29, 0.717) is 30.5 Å². The Morgan fingerprint density at radius 2 is 2.10 bits per heavy atom. The van der Waals surface area contributed by atoms with E-state index in [-0.39, 0.29) is 0 Å². The minimum Gasteiger partial charge on any atom is -0.381 e. The van der Waals surface area contributed by atoms with Crippen LogP contribution in [0.5, 0.6) is 0 Å². The first-order valence-electron chi connectivity index (χ1n) is 7.60. The van der Waals surface area contributed by atoms with E-state index in [1.165, 1.54) is 0 Å². The highest BCUT2D eigenvalue weighted by atomic mass is 32.2.